The zero-order valence-corrected chi connectivity index (χ0v) is 16.2. The van der Waals surface area contributed by atoms with Crippen LogP contribution in [0.1, 0.15) is 31.2 Å². The second kappa shape index (κ2) is 7.67. The molecule has 0 aromatic heterocycles. The Balaban J connectivity index is 1.54. The Morgan fingerprint density at radius 2 is 1.79 bits per heavy atom. The van der Waals surface area contributed by atoms with Crippen LogP contribution in [0.5, 0.6) is 0 Å². The molecule has 1 N–H and O–H groups in total. The molecule has 0 fully saturated rings. The van der Waals surface area contributed by atoms with E-state index in [2.05, 4.69) is 15.0 Å². The predicted molar refractivity (Wildman–Crippen MR) is 107 cm³/mol. The van der Waals surface area contributed by atoms with Crippen molar-refractivity contribution >= 4 is 21.6 Å². The second-order valence-corrected chi connectivity index (χ2v) is 8.75. The molecule has 28 heavy (non-hydrogen) atoms. The number of azo groups is 1. The summed E-state index contributed by atoms with van der Waals surface area (Å²) in [6.07, 6.45) is 4.33. The molecule has 2 aromatic carbocycles. The number of amides is 1. The molecule has 2 aromatic rings. The van der Waals surface area contributed by atoms with Crippen molar-refractivity contribution in [2.75, 3.05) is 4.72 Å². The lowest BCUT2D eigenvalue weighted by Gasteiger charge is -2.25. The fourth-order valence-corrected chi connectivity index (χ4v) is 4.83. The van der Waals surface area contributed by atoms with E-state index in [1.165, 1.54) is 0 Å². The van der Waals surface area contributed by atoms with Crippen LogP contribution in [-0.4, -0.2) is 20.4 Å². The number of anilines is 1. The Labute approximate surface area is 164 Å². The quantitative estimate of drug-likeness (QED) is 0.820. The van der Waals surface area contributed by atoms with Crippen LogP contribution in [-0.2, 0) is 21.2 Å². The molecule has 1 aliphatic heterocycles. The maximum absolute atomic E-state index is 12.5. The monoisotopic (exact) mass is 395 g/mol. The molecule has 2 aliphatic rings. The molecule has 0 saturated heterocycles. The average Bonchev–Trinajstić information content (AvgIpc) is 2.71. The minimum Gasteiger partial charge on any atom is -0.280 e. The number of carbonyl (C=O) groups is 1. The second-order valence-electron chi connectivity index (χ2n) is 7.07. The van der Waals surface area contributed by atoms with E-state index < -0.39 is 10.0 Å². The molecule has 1 aliphatic carbocycles. The smallest absolute Gasteiger partial charge is 0.280 e. The van der Waals surface area contributed by atoms with Crippen molar-refractivity contribution in [3.63, 3.8) is 0 Å². The lowest BCUT2D eigenvalue weighted by molar-refractivity contribution is -0.115. The van der Waals surface area contributed by atoms with Crippen molar-refractivity contribution < 1.29 is 13.2 Å². The van der Waals surface area contributed by atoms with Gasteiger partial charge in [0, 0.05) is 17.7 Å². The van der Waals surface area contributed by atoms with E-state index in [4.69, 9.17) is 0 Å². The molecule has 7 heteroatoms. The van der Waals surface area contributed by atoms with Gasteiger partial charge in [0.2, 0.25) is 0 Å². The highest BCUT2D eigenvalue weighted by Gasteiger charge is 2.29. The van der Waals surface area contributed by atoms with Crippen LogP contribution in [0, 0.1) is 0 Å². The number of hydrogen-bond donors (Lipinski definition) is 1. The van der Waals surface area contributed by atoms with Gasteiger partial charge in [-0.2, -0.15) is 5.11 Å². The first-order valence-electron chi connectivity index (χ1n) is 9.37. The van der Waals surface area contributed by atoms with Gasteiger partial charge in [0.1, 0.15) is 0 Å². The summed E-state index contributed by atoms with van der Waals surface area (Å²) < 4.78 is 27.7. The van der Waals surface area contributed by atoms with Crippen LogP contribution in [0.3, 0.4) is 0 Å². The van der Waals surface area contributed by atoms with E-state index in [0.29, 0.717) is 12.1 Å². The first-order valence-corrected chi connectivity index (χ1v) is 10.9. The van der Waals surface area contributed by atoms with E-state index in [9.17, 15) is 13.2 Å². The highest BCUT2D eigenvalue weighted by atomic mass is 32.2. The molecule has 0 spiro atoms. The van der Waals surface area contributed by atoms with Crippen molar-refractivity contribution in [1.29, 1.82) is 0 Å². The van der Waals surface area contributed by atoms with Gasteiger partial charge in [-0.25, -0.2) is 8.42 Å². The number of carbonyl (C=O) groups excluding carboxylic acids is 1. The van der Waals surface area contributed by atoms with Crippen molar-refractivity contribution in [3.8, 4) is 0 Å². The van der Waals surface area contributed by atoms with Gasteiger partial charge in [-0.3, -0.25) is 9.52 Å². The van der Waals surface area contributed by atoms with Gasteiger partial charge in [0.05, 0.1) is 10.9 Å². The number of hydrogen-bond acceptors (Lipinski definition) is 4. The molecular formula is C21H21N3O3S. The Morgan fingerprint density at radius 3 is 2.61 bits per heavy atom. The van der Waals surface area contributed by atoms with Crippen LogP contribution in [0.4, 0.5) is 5.69 Å². The Kier molecular flexibility index (Phi) is 5.09. The third kappa shape index (κ3) is 3.89. The maximum Gasteiger partial charge on any atom is 0.291 e. The molecule has 1 amide bonds. The molecular weight excluding hydrogens is 374 g/mol. The normalized spacial score (nSPS) is 19.4. The third-order valence-electron chi connectivity index (χ3n) is 5.12. The summed E-state index contributed by atoms with van der Waals surface area (Å²) in [7, 11) is -3.64. The van der Waals surface area contributed by atoms with Crippen molar-refractivity contribution in [3.05, 3.63) is 71.3 Å². The van der Waals surface area contributed by atoms with Crippen LogP contribution < -0.4 is 4.72 Å². The van der Waals surface area contributed by atoms with Crippen molar-refractivity contribution in [1.82, 2.24) is 0 Å². The summed E-state index contributed by atoms with van der Waals surface area (Å²) in [4.78, 5) is 12.2. The van der Waals surface area contributed by atoms with Crippen LogP contribution >= 0.6 is 0 Å². The number of benzene rings is 2. The van der Waals surface area contributed by atoms with E-state index in [0.717, 1.165) is 42.4 Å². The van der Waals surface area contributed by atoms with Gasteiger partial charge in [-0.1, -0.05) is 30.3 Å². The maximum atomic E-state index is 12.5. The van der Waals surface area contributed by atoms with Gasteiger partial charge in [0.25, 0.3) is 15.9 Å². The number of sulfonamides is 1. The molecule has 0 bridgehead atoms. The topological polar surface area (TPSA) is 88.0 Å². The van der Waals surface area contributed by atoms with E-state index >= 15 is 0 Å². The first kappa shape index (κ1) is 18.6. The molecule has 144 valence electrons. The van der Waals surface area contributed by atoms with Gasteiger partial charge in [-0.15, -0.1) is 5.11 Å². The summed E-state index contributed by atoms with van der Waals surface area (Å²) in [5, 5.41) is 8.05. The summed E-state index contributed by atoms with van der Waals surface area (Å²) in [6, 6.07) is 15.4. The van der Waals surface area contributed by atoms with Crippen LogP contribution in [0.25, 0.3) is 0 Å². The molecule has 0 radical (unpaired) electrons. The van der Waals surface area contributed by atoms with Gasteiger partial charge in [0.15, 0.2) is 0 Å². The summed E-state index contributed by atoms with van der Waals surface area (Å²) in [6.45, 7) is 0. The van der Waals surface area contributed by atoms with E-state index in [1.54, 1.807) is 36.4 Å². The Morgan fingerprint density at radius 1 is 1.00 bits per heavy atom. The minimum atomic E-state index is -3.64. The largest absolute Gasteiger partial charge is 0.291 e. The van der Waals surface area contributed by atoms with Crippen LogP contribution in [0.15, 0.2) is 80.9 Å². The molecule has 0 saturated carbocycles. The molecule has 1 unspecified atom stereocenters. The van der Waals surface area contributed by atoms with Crippen LogP contribution in [0.2, 0.25) is 0 Å². The number of nitrogens with one attached hydrogen (secondary N) is 1. The summed E-state index contributed by atoms with van der Waals surface area (Å²) >= 11 is 0. The predicted octanol–water partition coefficient (Wildman–Crippen LogP) is 4.26. The zero-order valence-electron chi connectivity index (χ0n) is 15.3. The van der Waals surface area contributed by atoms with Gasteiger partial charge < -0.3 is 0 Å². The highest BCUT2D eigenvalue weighted by Crippen LogP contribution is 2.34. The zero-order chi connectivity index (χ0) is 19.6. The Bertz CT molecular complexity index is 1060. The molecule has 4 rings (SSSR count). The summed E-state index contributed by atoms with van der Waals surface area (Å²) in [5.41, 5.74) is 3.38. The standard InChI is InChI=1S/C21H21N3O3S/c25-21-19-12-5-4-11-18(19)20(22-23-21)14-15-7-6-8-16(13-15)24-28(26,27)17-9-2-1-3-10-17/h1-3,6-10,13,20,24H,4-5,11-12,14H2. The van der Waals surface area contributed by atoms with Gasteiger partial charge >= 0.3 is 0 Å². The molecule has 1 heterocycles. The summed E-state index contributed by atoms with van der Waals surface area (Å²) in [5.74, 6) is -0.199. The fraction of sp³-hybridized carbons (Fsp3) is 0.286. The van der Waals surface area contributed by atoms with Crippen molar-refractivity contribution in [2.45, 2.75) is 43.0 Å². The average molecular weight is 395 g/mol. The van der Waals surface area contributed by atoms with Gasteiger partial charge in [-0.05, 0) is 61.1 Å². The molecule has 1 atom stereocenters. The first-order chi connectivity index (χ1) is 13.5. The fourth-order valence-electron chi connectivity index (χ4n) is 3.76. The molecule has 6 nitrogen and oxygen atoms in total. The lowest BCUT2D eigenvalue weighted by atomic mass is 9.84. The Hall–Kier alpha value is -2.80. The number of rotatable bonds is 5. The van der Waals surface area contributed by atoms with E-state index in [1.807, 2.05) is 18.2 Å². The number of nitrogens with zero attached hydrogens (tertiary/aromatic N) is 2. The lowest BCUT2D eigenvalue weighted by Crippen LogP contribution is -2.23. The SMILES string of the molecule is O=C1N=NC(Cc2cccc(NS(=O)(=O)c3ccccc3)c2)C2=C1CCCC2. The minimum absolute atomic E-state index is 0.144. The van der Waals surface area contributed by atoms with E-state index in [-0.39, 0.29) is 16.8 Å². The van der Waals surface area contributed by atoms with Crippen molar-refractivity contribution in [2.24, 2.45) is 10.2 Å². The third-order valence-corrected chi connectivity index (χ3v) is 6.52. The highest BCUT2D eigenvalue weighted by molar-refractivity contribution is 7.92.